The van der Waals surface area contributed by atoms with Crippen LogP contribution < -0.4 is 0 Å². The van der Waals surface area contributed by atoms with Crippen LogP contribution in [0.15, 0.2) is 23.2 Å². The van der Waals surface area contributed by atoms with Crippen molar-refractivity contribution in [3.05, 3.63) is 29.3 Å². The van der Waals surface area contributed by atoms with Crippen LogP contribution in [0.1, 0.15) is 25.0 Å². The van der Waals surface area contributed by atoms with Gasteiger partial charge >= 0.3 is 0 Å². The minimum Gasteiger partial charge on any atom is -0.261 e. The highest BCUT2D eigenvalue weighted by Gasteiger charge is 1.95. The zero-order valence-corrected chi connectivity index (χ0v) is 7.96. The van der Waals surface area contributed by atoms with Gasteiger partial charge in [0, 0.05) is 6.21 Å². The van der Waals surface area contributed by atoms with Crippen LogP contribution in [0, 0.1) is 6.92 Å². The molecule has 0 aromatic heterocycles. The van der Waals surface area contributed by atoms with Gasteiger partial charge in [0.15, 0.2) is 0 Å². The molecule has 0 radical (unpaired) electrons. The number of hydrogen-bond acceptors (Lipinski definition) is 1. The molecule has 0 aliphatic carbocycles. The molecule has 0 unspecified atom stereocenters. The van der Waals surface area contributed by atoms with Crippen LogP contribution in [-0.4, -0.2) is 6.21 Å². The van der Waals surface area contributed by atoms with E-state index in [1.807, 2.05) is 13.1 Å². The Bertz CT molecular complexity index is 287. The van der Waals surface area contributed by atoms with Gasteiger partial charge in [-0.2, -0.15) is 0 Å². The number of aliphatic imine (C=N–C) groups is 1. The highest BCUT2D eigenvalue weighted by molar-refractivity contribution is 5.62. The van der Waals surface area contributed by atoms with Gasteiger partial charge in [0.1, 0.15) is 0 Å². The summed E-state index contributed by atoms with van der Waals surface area (Å²) in [6.07, 6.45) is 2.92. The van der Waals surface area contributed by atoms with Crippen molar-refractivity contribution in [2.24, 2.45) is 4.99 Å². The number of aryl methyl sites for hydroxylation is 2. The molecule has 0 fully saturated rings. The van der Waals surface area contributed by atoms with Crippen molar-refractivity contribution >= 4 is 11.9 Å². The average molecular weight is 161 g/mol. The van der Waals surface area contributed by atoms with E-state index in [1.54, 1.807) is 0 Å². The molecule has 12 heavy (non-hydrogen) atoms. The number of benzene rings is 1. The number of hydrogen-bond donors (Lipinski definition) is 0. The summed E-state index contributed by atoms with van der Waals surface area (Å²) in [5.41, 5.74) is 3.71. The molecule has 0 spiro atoms. The van der Waals surface area contributed by atoms with Crippen LogP contribution in [0.5, 0.6) is 0 Å². The maximum atomic E-state index is 4.26. The van der Waals surface area contributed by atoms with Crippen molar-refractivity contribution in [1.29, 1.82) is 0 Å². The summed E-state index contributed by atoms with van der Waals surface area (Å²) in [4.78, 5) is 4.26. The lowest BCUT2D eigenvalue weighted by Crippen LogP contribution is -1.81. The molecule has 1 aromatic carbocycles. The summed E-state index contributed by atoms with van der Waals surface area (Å²) in [6, 6.07) is 6.41. The van der Waals surface area contributed by atoms with Gasteiger partial charge in [0.05, 0.1) is 5.69 Å². The van der Waals surface area contributed by atoms with Crippen LogP contribution in [0.25, 0.3) is 0 Å². The first-order valence-electron chi connectivity index (χ1n) is 4.36. The third-order valence-corrected chi connectivity index (χ3v) is 1.94. The van der Waals surface area contributed by atoms with Gasteiger partial charge in [-0.15, -0.1) is 0 Å². The summed E-state index contributed by atoms with van der Waals surface area (Å²) in [6.45, 7) is 6.20. The Morgan fingerprint density at radius 1 is 1.42 bits per heavy atom. The van der Waals surface area contributed by atoms with E-state index >= 15 is 0 Å². The Hall–Kier alpha value is -1.11. The second-order valence-electron chi connectivity index (χ2n) is 2.86. The third kappa shape index (κ3) is 1.94. The zero-order valence-electron chi connectivity index (χ0n) is 7.96. The summed E-state index contributed by atoms with van der Waals surface area (Å²) in [7, 11) is 0. The summed E-state index contributed by atoms with van der Waals surface area (Å²) < 4.78 is 0. The average Bonchev–Trinajstić information content (AvgIpc) is 2.09. The maximum Gasteiger partial charge on any atom is 0.0654 e. The van der Waals surface area contributed by atoms with Gasteiger partial charge in [-0.1, -0.05) is 19.1 Å². The van der Waals surface area contributed by atoms with E-state index in [-0.39, 0.29) is 0 Å². The Balaban J connectivity index is 3.03. The van der Waals surface area contributed by atoms with Crippen molar-refractivity contribution in [3.8, 4) is 0 Å². The molecule has 1 aromatic rings. The molecular formula is C11H15N. The van der Waals surface area contributed by atoms with Crippen LogP contribution >= 0.6 is 0 Å². The van der Waals surface area contributed by atoms with Gasteiger partial charge in [0.2, 0.25) is 0 Å². The van der Waals surface area contributed by atoms with E-state index in [0.29, 0.717) is 0 Å². The Labute approximate surface area is 74.2 Å². The van der Waals surface area contributed by atoms with E-state index in [9.17, 15) is 0 Å². The van der Waals surface area contributed by atoms with Crippen molar-refractivity contribution in [3.63, 3.8) is 0 Å². The Kier molecular flexibility index (Phi) is 3.03. The van der Waals surface area contributed by atoms with Crippen LogP contribution in [0.4, 0.5) is 5.69 Å². The van der Waals surface area contributed by atoms with E-state index in [2.05, 4.69) is 37.0 Å². The van der Waals surface area contributed by atoms with E-state index in [0.717, 1.165) is 12.1 Å². The lowest BCUT2D eigenvalue weighted by atomic mass is 10.1. The highest BCUT2D eigenvalue weighted by Crippen LogP contribution is 2.19. The Morgan fingerprint density at radius 2 is 2.17 bits per heavy atom. The normalized spacial score (nSPS) is 10.9. The van der Waals surface area contributed by atoms with Gasteiger partial charge < -0.3 is 0 Å². The minimum atomic E-state index is 1.08. The molecular weight excluding hydrogens is 146 g/mol. The van der Waals surface area contributed by atoms with Crippen molar-refractivity contribution < 1.29 is 0 Å². The SMILES string of the molecule is C/C=N\c1ccc(CC)cc1C. The van der Waals surface area contributed by atoms with Gasteiger partial charge in [-0.3, -0.25) is 4.99 Å². The van der Waals surface area contributed by atoms with E-state index in [1.165, 1.54) is 11.1 Å². The fourth-order valence-corrected chi connectivity index (χ4v) is 1.22. The van der Waals surface area contributed by atoms with Crippen molar-refractivity contribution in [2.45, 2.75) is 27.2 Å². The van der Waals surface area contributed by atoms with Gasteiger partial charge in [0.25, 0.3) is 0 Å². The zero-order chi connectivity index (χ0) is 8.97. The molecule has 0 atom stereocenters. The monoisotopic (exact) mass is 161 g/mol. The van der Waals surface area contributed by atoms with E-state index < -0.39 is 0 Å². The minimum absolute atomic E-state index is 1.08. The second-order valence-corrected chi connectivity index (χ2v) is 2.86. The van der Waals surface area contributed by atoms with Gasteiger partial charge in [-0.05, 0) is 37.5 Å². The van der Waals surface area contributed by atoms with Crippen LogP contribution in [0.3, 0.4) is 0 Å². The summed E-state index contributed by atoms with van der Waals surface area (Å²) in [5, 5.41) is 0. The summed E-state index contributed by atoms with van der Waals surface area (Å²) >= 11 is 0. The number of rotatable bonds is 2. The first-order chi connectivity index (χ1) is 5.77. The fraction of sp³-hybridized carbons (Fsp3) is 0.364. The molecule has 0 aliphatic rings. The van der Waals surface area contributed by atoms with E-state index in [4.69, 9.17) is 0 Å². The summed E-state index contributed by atoms with van der Waals surface area (Å²) in [5.74, 6) is 0. The maximum absolute atomic E-state index is 4.26. The molecule has 1 nitrogen and oxygen atoms in total. The molecule has 0 aliphatic heterocycles. The predicted octanol–water partition coefficient (Wildman–Crippen LogP) is 3.28. The molecule has 1 heteroatoms. The lowest BCUT2D eigenvalue weighted by molar-refractivity contribution is 1.13. The first kappa shape index (κ1) is 8.98. The molecule has 0 saturated heterocycles. The topological polar surface area (TPSA) is 12.4 Å². The molecule has 0 heterocycles. The fourth-order valence-electron chi connectivity index (χ4n) is 1.22. The molecule has 0 saturated carbocycles. The number of nitrogens with zero attached hydrogens (tertiary/aromatic N) is 1. The smallest absolute Gasteiger partial charge is 0.0654 e. The third-order valence-electron chi connectivity index (χ3n) is 1.94. The molecule has 64 valence electrons. The van der Waals surface area contributed by atoms with Crippen molar-refractivity contribution in [2.75, 3.05) is 0 Å². The van der Waals surface area contributed by atoms with Crippen LogP contribution in [0.2, 0.25) is 0 Å². The Morgan fingerprint density at radius 3 is 2.67 bits per heavy atom. The second kappa shape index (κ2) is 4.05. The highest BCUT2D eigenvalue weighted by atomic mass is 14.7. The van der Waals surface area contributed by atoms with Crippen molar-refractivity contribution in [1.82, 2.24) is 0 Å². The first-order valence-corrected chi connectivity index (χ1v) is 4.36. The van der Waals surface area contributed by atoms with Crippen LogP contribution in [-0.2, 0) is 6.42 Å². The molecule has 0 N–H and O–H groups in total. The predicted molar refractivity (Wildman–Crippen MR) is 54.4 cm³/mol. The quantitative estimate of drug-likeness (QED) is 0.590. The lowest BCUT2D eigenvalue weighted by Gasteiger charge is -2.01. The standard InChI is InChI=1S/C11H15N/c1-4-10-6-7-11(12-5-2)9(3)8-10/h5-8H,4H2,1-3H3/b12-5-. The molecule has 1 rings (SSSR count). The molecule has 0 bridgehead atoms. The largest absolute Gasteiger partial charge is 0.261 e. The molecule has 0 amide bonds. The van der Waals surface area contributed by atoms with Gasteiger partial charge in [-0.25, -0.2) is 0 Å².